The van der Waals surface area contributed by atoms with E-state index in [0.717, 1.165) is 23.6 Å². The lowest BCUT2D eigenvalue weighted by Crippen LogP contribution is -2.40. The first-order valence-electron chi connectivity index (χ1n) is 7.41. The third kappa shape index (κ3) is 6.79. The standard InChI is InChI=1S/C16H26N4O/c1-5-6-15(21)20-14-9-7-13(8-10-14)11-18-16(17-4)19-12(2)3/h7-10,12H,5-6,11H2,1-4H3,(H,20,21)(H2,17,18,19). The van der Waals surface area contributed by atoms with E-state index in [1.165, 1.54) is 0 Å². The second-order valence-electron chi connectivity index (χ2n) is 5.22. The number of rotatable bonds is 6. The molecule has 0 saturated heterocycles. The summed E-state index contributed by atoms with van der Waals surface area (Å²) in [5.74, 6) is 0.843. The molecule has 0 aromatic heterocycles. The van der Waals surface area contributed by atoms with E-state index in [2.05, 4.69) is 34.8 Å². The largest absolute Gasteiger partial charge is 0.354 e. The molecule has 5 heteroatoms. The van der Waals surface area contributed by atoms with E-state index in [0.29, 0.717) is 19.0 Å². The molecular weight excluding hydrogens is 264 g/mol. The fraction of sp³-hybridized carbons (Fsp3) is 0.500. The summed E-state index contributed by atoms with van der Waals surface area (Å²) in [7, 11) is 1.75. The maximum Gasteiger partial charge on any atom is 0.224 e. The third-order valence-electron chi connectivity index (χ3n) is 2.82. The fourth-order valence-corrected chi connectivity index (χ4v) is 1.81. The third-order valence-corrected chi connectivity index (χ3v) is 2.82. The highest BCUT2D eigenvalue weighted by Crippen LogP contribution is 2.10. The fourth-order valence-electron chi connectivity index (χ4n) is 1.81. The van der Waals surface area contributed by atoms with Gasteiger partial charge in [-0.3, -0.25) is 9.79 Å². The Morgan fingerprint density at radius 3 is 2.43 bits per heavy atom. The molecule has 0 heterocycles. The number of anilines is 1. The number of amides is 1. The highest BCUT2D eigenvalue weighted by molar-refractivity contribution is 5.90. The van der Waals surface area contributed by atoms with Gasteiger partial charge in [-0.25, -0.2) is 0 Å². The molecule has 1 amide bonds. The molecule has 0 aliphatic heterocycles. The summed E-state index contributed by atoms with van der Waals surface area (Å²) in [4.78, 5) is 15.7. The van der Waals surface area contributed by atoms with Crippen LogP contribution < -0.4 is 16.0 Å². The van der Waals surface area contributed by atoms with Crippen LogP contribution in [0.15, 0.2) is 29.3 Å². The van der Waals surface area contributed by atoms with Crippen LogP contribution in [-0.2, 0) is 11.3 Å². The van der Waals surface area contributed by atoms with Gasteiger partial charge in [-0.1, -0.05) is 19.1 Å². The lowest BCUT2D eigenvalue weighted by atomic mass is 10.2. The van der Waals surface area contributed by atoms with Crippen LogP contribution in [0.1, 0.15) is 39.2 Å². The Bertz CT molecular complexity index is 466. The number of carbonyl (C=O) groups is 1. The molecule has 0 atom stereocenters. The van der Waals surface area contributed by atoms with Crippen LogP contribution in [0.5, 0.6) is 0 Å². The number of hydrogen-bond donors (Lipinski definition) is 3. The Morgan fingerprint density at radius 1 is 1.24 bits per heavy atom. The van der Waals surface area contributed by atoms with Gasteiger partial charge in [0.25, 0.3) is 0 Å². The minimum Gasteiger partial charge on any atom is -0.354 e. The summed E-state index contributed by atoms with van der Waals surface area (Å²) >= 11 is 0. The van der Waals surface area contributed by atoms with Crippen molar-refractivity contribution in [2.24, 2.45) is 4.99 Å². The molecule has 3 N–H and O–H groups in total. The Kier molecular flexibility index (Phi) is 7.29. The molecule has 5 nitrogen and oxygen atoms in total. The van der Waals surface area contributed by atoms with E-state index in [-0.39, 0.29) is 5.91 Å². The summed E-state index contributed by atoms with van der Waals surface area (Å²) in [6.07, 6.45) is 1.41. The van der Waals surface area contributed by atoms with Gasteiger partial charge in [0.1, 0.15) is 0 Å². The van der Waals surface area contributed by atoms with E-state index in [1.807, 2.05) is 31.2 Å². The van der Waals surface area contributed by atoms with E-state index in [9.17, 15) is 4.79 Å². The first-order chi connectivity index (χ1) is 10.0. The second-order valence-corrected chi connectivity index (χ2v) is 5.22. The SMILES string of the molecule is CCCC(=O)Nc1ccc(CNC(=NC)NC(C)C)cc1. The van der Waals surface area contributed by atoms with Crippen LogP contribution in [0.4, 0.5) is 5.69 Å². The Morgan fingerprint density at radius 2 is 1.90 bits per heavy atom. The predicted octanol–water partition coefficient (Wildman–Crippen LogP) is 2.50. The van der Waals surface area contributed by atoms with Crippen LogP contribution in [-0.4, -0.2) is 25.0 Å². The number of carbonyl (C=O) groups excluding carboxylic acids is 1. The molecule has 0 fully saturated rings. The summed E-state index contributed by atoms with van der Waals surface area (Å²) in [5.41, 5.74) is 1.97. The predicted molar refractivity (Wildman–Crippen MR) is 88.5 cm³/mol. The van der Waals surface area contributed by atoms with Gasteiger partial charge < -0.3 is 16.0 Å². The van der Waals surface area contributed by atoms with Crippen molar-refractivity contribution >= 4 is 17.6 Å². The number of guanidine groups is 1. The molecule has 0 saturated carbocycles. The van der Waals surface area contributed by atoms with Gasteiger partial charge in [0.15, 0.2) is 5.96 Å². The Balaban J connectivity index is 2.49. The molecule has 0 aliphatic rings. The van der Waals surface area contributed by atoms with Crippen molar-refractivity contribution in [3.05, 3.63) is 29.8 Å². The monoisotopic (exact) mass is 290 g/mol. The van der Waals surface area contributed by atoms with Crippen molar-refractivity contribution in [3.63, 3.8) is 0 Å². The average Bonchev–Trinajstić information content (AvgIpc) is 2.44. The van der Waals surface area contributed by atoms with Crippen LogP contribution in [0.3, 0.4) is 0 Å². The van der Waals surface area contributed by atoms with Gasteiger partial charge in [0.05, 0.1) is 0 Å². The number of nitrogens with zero attached hydrogens (tertiary/aromatic N) is 1. The molecule has 0 aliphatic carbocycles. The molecule has 0 bridgehead atoms. The number of aliphatic imine (C=N–C) groups is 1. The summed E-state index contributed by atoms with van der Waals surface area (Å²) in [5, 5.41) is 9.36. The number of nitrogens with one attached hydrogen (secondary N) is 3. The van der Waals surface area contributed by atoms with Gasteiger partial charge >= 0.3 is 0 Å². The minimum atomic E-state index is 0.0601. The maximum atomic E-state index is 11.5. The van der Waals surface area contributed by atoms with E-state index >= 15 is 0 Å². The number of hydrogen-bond acceptors (Lipinski definition) is 2. The van der Waals surface area contributed by atoms with Crippen molar-refractivity contribution in [3.8, 4) is 0 Å². The Labute approximate surface area is 127 Å². The molecule has 0 unspecified atom stereocenters. The molecule has 21 heavy (non-hydrogen) atoms. The van der Waals surface area contributed by atoms with Crippen molar-refractivity contribution in [1.29, 1.82) is 0 Å². The molecule has 1 rings (SSSR count). The van der Waals surface area contributed by atoms with E-state index < -0.39 is 0 Å². The van der Waals surface area contributed by atoms with Crippen LogP contribution >= 0.6 is 0 Å². The van der Waals surface area contributed by atoms with E-state index in [4.69, 9.17) is 0 Å². The van der Waals surface area contributed by atoms with Gasteiger partial charge in [-0.05, 0) is 38.0 Å². The smallest absolute Gasteiger partial charge is 0.224 e. The highest BCUT2D eigenvalue weighted by Gasteiger charge is 2.02. The average molecular weight is 290 g/mol. The first-order valence-corrected chi connectivity index (χ1v) is 7.41. The van der Waals surface area contributed by atoms with Gasteiger partial charge in [0, 0.05) is 31.7 Å². The summed E-state index contributed by atoms with van der Waals surface area (Å²) < 4.78 is 0. The van der Waals surface area contributed by atoms with Crippen molar-refractivity contribution in [2.45, 2.75) is 46.2 Å². The topological polar surface area (TPSA) is 65.5 Å². The zero-order chi connectivity index (χ0) is 15.7. The van der Waals surface area contributed by atoms with Crippen LogP contribution in [0.2, 0.25) is 0 Å². The normalized spacial score (nSPS) is 11.4. The zero-order valence-corrected chi connectivity index (χ0v) is 13.4. The summed E-state index contributed by atoms with van der Waals surface area (Å²) in [6.45, 7) is 6.82. The lowest BCUT2D eigenvalue weighted by Gasteiger charge is -2.14. The van der Waals surface area contributed by atoms with Gasteiger partial charge in [0.2, 0.25) is 5.91 Å². The van der Waals surface area contributed by atoms with Crippen molar-refractivity contribution in [2.75, 3.05) is 12.4 Å². The first kappa shape index (κ1) is 17.0. The molecule has 1 aromatic carbocycles. The molecule has 1 aromatic rings. The van der Waals surface area contributed by atoms with Crippen LogP contribution in [0.25, 0.3) is 0 Å². The minimum absolute atomic E-state index is 0.0601. The zero-order valence-electron chi connectivity index (χ0n) is 13.4. The molecular formula is C16H26N4O. The van der Waals surface area contributed by atoms with Crippen molar-refractivity contribution < 1.29 is 4.79 Å². The second kappa shape index (κ2) is 9.00. The quantitative estimate of drug-likeness (QED) is 0.557. The van der Waals surface area contributed by atoms with Crippen LogP contribution in [0, 0.1) is 0 Å². The molecule has 116 valence electrons. The molecule has 0 spiro atoms. The van der Waals surface area contributed by atoms with Crippen molar-refractivity contribution in [1.82, 2.24) is 10.6 Å². The van der Waals surface area contributed by atoms with Gasteiger partial charge in [-0.2, -0.15) is 0 Å². The van der Waals surface area contributed by atoms with E-state index in [1.54, 1.807) is 7.05 Å². The molecule has 0 radical (unpaired) electrons. The summed E-state index contributed by atoms with van der Waals surface area (Å²) in [6, 6.07) is 8.17. The van der Waals surface area contributed by atoms with Gasteiger partial charge in [-0.15, -0.1) is 0 Å². The Hall–Kier alpha value is -2.04. The lowest BCUT2D eigenvalue weighted by molar-refractivity contribution is -0.116. The maximum absolute atomic E-state index is 11.5. The number of benzene rings is 1. The highest BCUT2D eigenvalue weighted by atomic mass is 16.1.